The van der Waals surface area contributed by atoms with Gasteiger partial charge in [0.25, 0.3) is 0 Å². The maximum absolute atomic E-state index is 11.0. The molecule has 0 aliphatic carbocycles. The molecule has 0 saturated carbocycles. The van der Waals surface area contributed by atoms with Gasteiger partial charge in [-0.25, -0.2) is 0 Å². The summed E-state index contributed by atoms with van der Waals surface area (Å²) in [6.45, 7) is 9.77. The summed E-state index contributed by atoms with van der Waals surface area (Å²) in [7, 11) is 0. The van der Waals surface area contributed by atoms with Crippen LogP contribution in [0.15, 0.2) is 24.3 Å². The molecule has 0 spiro atoms. The van der Waals surface area contributed by atoms with Gasteiger partial charge in [-0.3, -0.25) is 4.79 Å². The lowest BCUT2D eigenvalue weighted by Gasteiger charge is -2.06. The monoisotopic (exact) mass is 180 g/mol. The summed E-state index contributed by atoms with van der Waals surface area (Å²) in [5.74, 6) is 0.630. The zero-order valence-corrected chi connectivity index (χ0v) is 8.97. The zero-order valence-electron chi connectivity index (χ0n) is 8.97. The van der Waals surface area contributed by atoms with Crippen molar-refractivity contribution in [2.75, 3.05) is 0 Å². The molecule has 0 aromatic heterocycles. The summed E-state index contributed by atoms with van der Waals surface area (Å²) >= 11 is 0. The first-order valence-electron chi connectivity index (χ1n) is 4.85. The number of hydrogen-bond donors (Lipinski definition) is 0. The average Bonchev–Trinajstić information content (AvgIpc) is 2.03. The van der Waals surface area contributed by atoms with Crippen LogP contribution in [0.4, 0.5) is 0 Å². The first-order valence-corrected chi connectivity index (χ1v) is 4.85. The Balaban J connectivity index is 3.63. The quantitative estimate of drug-likeness (QED) is 0.451. The molecular weight excluding hydrogens is 160 g/mol. The fourth-order valence-electron chi connectivity index (χ4n) is 1.19. The molecule has 0 amide bonds. The van der Waals surface area contributed by atoms with E-state index in [4.69, 9.17) is 0 Å². The molecule has 0 N–H and O–H groups in total. The minimum absolute atomic E-state index is 0.157. The molecule has 1 atom stereocenters. The highest BCUT2D eigenvalue weighted by Crippen LogP contribution is 2.12. The van der Waals surface area contributed by atoms with Gasteiger partial charge in [0.15, 0.2) is 5.78 Å². The van der Waals surface area contributed by atoms with Crippen molar-refractivity contribution in [2.24, 2.45) is 5.92 Å². The highest BCUT2D eigenvalue weighted by atomic mass is 16.1. The second kappa shape index (κ2) is 6.64. The highest BCUT2D eigenvalue weighted by Gasteiger charge is 2.04. The predicted octanol–water partition coefficient (Wildman–Crippen LogP) is 3.51. The molecule has 0 saturated heterocycles. The van der Waals surface area contributed by atoms with E-state index in [2.05, 4.69) is 33.4 Å². The molecular formula is C12H20O. The molecule has 0 rings (SSSR count). The molecule has 13 heavy (non-hydrogen) atoms. The Morgan fingerprint density at radius 3 is 2.54 bits per heavy atom. The Hall–Kier alpha value is -0.850. The smallest absolute Gasteiger partial charge is 0.155 e. The van der Waals surface area contributed by atoms with Gasteiger partial charge < -0.3 is 0 Å². The van der Waals surface area contributed by atoms with Crippen LogP contribution in [0, 0.1) is 5.92 Å². The minimum atomic E-state index is 0.157. The van der Waals surface area contributed by atoms with E-state index in [1.807, 2.05) is 0 Å². The molecule has 1 unspecified atom stereocenters. The molecule has 1 heteroatoms. The van der Waals surface area contributed by atoms with E-state index in [1.165, 1.54) is 11.6 Å². The van der Waals surface area contributed by atoms with E-state index in [1.54, 1.807) is 0 Å². The van der Waals surface area contributed by atoms with Crippen molar-refractivity contribution in [3.8, 4) is 0 Å². The Morgan fingerprint density at radius 2 is 2.08 bits per heavy atom. The van der Waals surface area contributed by atoms with E-state index in [-0.39, 0.29) is 5.78 Å². The number of hydrogen-bond acceptors (Lipinski definition) is 1. The van der Waals surface area contributed by atoms with Crippen LogP contribution in [0.5, 0.6) is 0 Å². The first-order chi connectivity index (χ1) is 6.06. The molecule has 0 aliphatic rings. The van der Waals surface area contributed by atoms with Crippen LogP contribution < -0.4 is 0 Å². The number of ketones is 1. The summed E-state index contributed by atoms with van der Waals surface area (Å²) < 4.78 is 0. The van der Waals surface area contributed by atoms with Crippen molar-refractivity contribution in [1.82, 2.24) is 0 Å². The second-order valence-electron chi connectivity index (χ2n) is 3.84. The lowest BCUT2D eigenvalue weighted by molar-refractivity contribution is -0.115. The summed E-state index contributed by atoms with van der Waals surface area (Å²) in [5, 5.41) is 0. The minimum Gasteiger partial charge on any atom is -0.295 e. The summed E-state index contributed by atoms with van der Waals surface area (Å²) in [6, 6.07) is 0. The molecule has 1 nitrogen and oxygen atoms in total. The predicted molar refractivity (Wildman–Crippen MR) is 57.7 cm³/mol. The van der Waals surface area contributed by atoms with Crippen molar-refractivity contribution in [2.45, 2.75) is 40.0 Å². The van der Waals surface area contributed by atoms with E-state index >= 15 is 0 Å². The lowest BCUT2D eigenvalue weighted by Crippen LogP contribution is -2.01. The van der Waals surface area contributed by atoms with Crippen molar-refractivity contribution in [3.63, 3.8) is 0 Å². The fraction of sp³-hybridized carbons (Fsp3) is 0.583. The Bertz CT molecular complexity index is 197. The summed E-state index contributed by atoms with van der Waals surface area (Å²) in [4.78, 5) is 11.0. The SMILES string of the molecule is C=CC(=O)CC(C)CCC=C(C)C. The number of rotatable bonds is 6. The van der Waals surface area contributed by atoms with Gasteiger partial charge in [0.2, 0.25) is 0 Å². The number of carbonyl (C=O) groups excluding carboxylic acids is 1. The third-order valence-corrected chi connectivity index (χ3v) is 1.99. The number of carbonyl (C=O) groups is 1. The fourth-order valence-corrected chi connectivity index (χ4v) is 1.19. The molecule has 74 valence electrons. The highest BCUT2D eigenvalue weighted by molar-refractivity contribution is 5.89. The maximum Gasteiger partial charge on any atom is 0.155 e. The van der Waals surface area contributed by atoms with Gasteiger partial charge in [-0.05, 0) is 38.7 Å². The molecule has 0 heterocycles. The normalized spacial score (nSPS) is 11.9. The van der Waals surface area contributed by atoms with E-state index in [0.29, 0.717) is 12.3 Å². The van der Waals surface area contributed by atoms with Gasteiger partial charge in [0, 0.05) is 6.42 Å². The maximum atomic E-state index is 11.0. The van der Waals surface area contributed by atoms with Crippen LogP contribution >= 0.6 is 0 Å². The third-order valence-electron chi connectivity index (χ3n) is 1.99. The van der Waals surface area contributed by atoms with Crippen molar-refractivity contribution >= 4 is 5.78 Å². The van der Waals surface area contributed by atoms with Crippen LogP contribution in [-0.2, 0) is 4.79 Å². The van der Waals surface area contributed by atoms with Crippen LogP contribution in [0.3, 0.4) is 0 Å². The van der Waals surface area contributed by atoms with Crippen molar-refractivity contribution in [1.29, 1.82) is 0 Å². The first kappa shape index (κ1) is 12.2. The van der Waals surface area contributed by atoms with E-state index < -0.39 is 0 Å². The molecule has 0 bridgehead atoms. The van der Waals surface area contributed by atoms with Crippen LogP contribution in [0.2, 0.25) is 0 Å². The lowest BCUT2D eigenvalue weighted by atomic mass is 9.98. The van der Waals surface area contributed by atoms with Crippen molar-refractivity contribution < 1.29 is 4.79 Å². The van der Waals surface area contributed by atoms with Gasteiger partial charge in [-0.15, -0.1) is 0 Å². The third kappa shape index (κ3) is 7.51. The van der Waals surface area contributed by atoms with Gasteiger partial charge in [-0.2, -0.15) is 0 Å². The molecule has 0 aliphatic heterocycles. The van der Waals surface area contributed by atoms with Gasteiger partial charge in [0.1, 0.15) is 0 Å². The Morgan fingerprint density at radius 1 is 1.46 bits per heavy atom. The second-order valence-corrected chi connectivity index (χ2v) is 3.84. The molecule has 0 aromatic rings. The molecule has 0 radical (unpaired) electrons. The van der Waals surface area contributed by atoms with Crippen LogP contribution in [0.25, 0.3) is 0 Å². The van der Waals surface area contributed by atoms with Crippen molar-refractivity contribution in [3.05, 3.63) is 24.3 Å². The molecule has 0 aromatic carbocycles. The van der Waals surface area contributed by atoms with E-state index in [0.717, 1.165) is 12.8 Å². The standard InChI is InChI=1S/C12H20O/c1-5-12(13)9-11(4)8-6-7-10(2)3/h5,7,11H,1,6,8-9H2,2-4H3. The van der Waals surface area contributed by atoms with Crippen LogP contribution in [-0.4, -0.2) is 5.78 Å². The number of allylic oxidation sites excluding steroid dienone is 3. The topological polar surface area (TPSA) is 17.1 Å². The van der Waals surface area contributed by atoms with Gasteiger partial charge in [0.05, 0.1) is 0 Å². The van der Waals surface area contributed by atoms with Gasteiger partial charge >= 0.3 is 0 Å². The van der Waals surface area contributed by atoms with E-state index in [9.17, 15) is 4.79 Å². The summed E-state index contributed by atoms with van der Waals surface area (Å²) in [6.07, 6.45) is 6.44. The van der Waals surface area contributed by atoms with Crippen LogP contribution in [0.1, 0.15) is 40.0 Å². The average molecular weight is 180 g/mol. The van der Waals surface area contributed by atoms with Gasteiger partial charge in [-0.1, -0.05) is 25.2 Å². The zero-order chi connectivity index (χ0) is 10.3. The largest absolute Gasteiger partial charge is 0.295 e. The Labute approximate surface area is 81.5 Å². The molecule has 0 fully saturated rings. The Kier molecular flexibility index (Phi) is 6.21. The summed E-state index contributed by atoms with van der Waals surface area (Å²) in [5.41, 5.74) is 1.35.